The van der Waals surface area contributed by atoms with Crippen molar-refractivity contribution in [2.45, 2.75) is 26.8 Å². The Labute approximate surface area is 124 Å². The van der Waals surface area contributed by atoms with Gasteiger partial charge in [0, 0.05) is 25.8 Å². The molecule has 0 atom stereocenters. The van der Waals surface area contributed by atoms with E-state index in [4.69, 9.17) is 17.0 Å². The van der Waals surface area contributed by atoms with E-state index in [-0.39, 0.29) is 5.41 Å². The molecule has 20 heavy (non-hydrogen) atoms. The number of nitrogens with one attached hydrogen (secondary N) is 1. The van der Waals surface area contributed by atoms with Crippen molar-refractivity contribution in [3.05, 3.63) is 35.1 Å². The van der Waals surface area contributed by atoms with Gasteiger partial charge in [0.2, 0.25) is 0 Å². The molecule has 5 heteroatoms. The maximum absolute atomic E-state index is 5.37. The summed E-state index contributed by atoms with van der Waals surface area (Å²) >= 11 is 5.37. The Morgan fingerprint density at radius 3 is 2.65 bits per heavy atom. The first-order valence-electron chi connectivity index (χ1n) is 6.73. The molecule has 1 heterocycles. The molecule has 1 N–H and O–H groups in total. The zero-order chi connectivity index (χ0) is 14.6. The third-order valence-electron chi connectivity index (χ3n) is 3.36. The van der Waals surface area contributed by atoms with Gasteiger partial charge in [-0.05, 0) is 24.1 Å². The van der Waals surface area contributed by atoms with E-state index in [1.54, 1.807) is 7.11 Å². The van der Waals surface area contributed by atoms with Gasteiger partial charge in [-0.3, -0.25) is 9.67 Å². The Morgan fingerprint density at radius 2 is 2.00 bits per heavy atom. The Kier molecular flexibility index (Phi) is 4.73. The van der Waals surface area contributed by atoms with Gasteiger partial charge in [-0.1, -0.05) is 44.2 Å². The Bertz CT molecular complexity index is 601. The molecule has 0 bridgehead atoms. The average molecular weight is 291 g/mol. The van der Waals surface area contributed by atoms with Crippen LogP contribution in [0.4, 0.5) is 0 Å². The SMILES string of the molecule is COCCC(C)(C)Cn1c(-c2ccccc2)n[nH]c1=S. The van der Waals surface area contributed by atoms with E-state index < -0.39 is 0 Å². The number of nitrogens with zero attached hydrogens (tertiary/aromatic N) is 2. The number of hydrogen-bond acceptors (Lipinski definition) is 3. The van der Waals surface area contributed by atoms with Crippen molar-refractivity contribution >= 4 is 12.2 Å². The molecule has 1 aromatic heterocycles. The number of benzene rings is 1. The molecule has 0 aliphatic heterocycles. The van der Waals surface area contributed by atoms with E-state index in [9.17, 15) is 0 Å². The van der Waals surface area contributed by atoms with Crippen molar-refractivity contribution in [2.75, 3.05) is 13.7 Å². The number of aromatic amines is 1. The van der Waals surface area contributed by atoms with Gasteiger partial charge in [-0.25, -0.2) is 0 Å². The van der Waals surface area contributed by atoms with Crippen LogP contribution in [0.3, 0.4) is 0 Å². The van der Waals surface area contributed by atoms with Gasteiger partial charge in [0.25, 0.3) is 0 Å². The van der Waals surface area contributed by atoms with E-state index in [0.29, 0.717) is 4.77 Å². The lowest BCUT2D eigenvalue weighted by Gasteiger charge is -2.25. The van der Waals surface area contributed by atoms with Crippen LogP contribution in [-0.2, 0) is 11.3 Å². The summed E-state index contributed by atoms with van der Waals surface area (Å²) in [5, 5.41) is 7.26. The molecule has 0 saturated carbocycles. The van der Waals surface area contributed by atoms with E-state index in [1.165, 1.54) is 0 Å². The van der Waals surface area contributed by atoms with Crippen molar-refractivity contribution in [1.82, 2.24) is 14.8 Å². The highest BCUT2D eigenvalue weighted by Gasteiger charge is 2.21. The summed E-state index contributed by atoms with van der Waals surface area (Å²) in [4.78, 5) is 0. The summed E-state index contributed by atoms with van der Waals surface area (Å²) in [5.74, 6) is 0.890. The summed E-state index contributed by atoms with van der Waals surface area (Å²) < 4.78 is 7.91. The monoisotopic (exact) mass is 291 g/mol. The minimum atomic E-state index is 0.0988. The molecule has 0 unspecified atom stereocenters. The van der Waals surface area contributed by atoms with Crippen LogP contribution < -0.4 is 0 Å². The lowest BCUT2D eigenvalue weighted by Crippen LogP contribution is -2.22. The molecular formula is C15H21N3OS. The molecule has 0 aliphatic carbocycles. The minimum absolute atomic E-state index is 0.0988. The standard InChI is InChI=1S/C15H21N3OS/c1-15(2,9-10-19-3)11-18-13(16-17-14(18)20)12-7-5-4-6-8-12/h4-8H,9-11H2,1-3H3,(H,17,20). The predicted molar refractivity (Wildman–Crippen MR) is 83.1 cm³/mol. The highest BCUT2D eigenvalue weighted by molar-refractivity contribution is 7.71. The van der Waals surface area contributed by atoms with Crippen molar-refractivity contribution in [2.24, 2.45) is 5.41 Å². The van der Waals surface area contributed by atoms with Gasteiger partial charge in [0.15, 0.2) is 10.6 Å². The molecule has 0 aliphatic rings. The largest absolute Gasteiger partial charge is 0.385 e. The first-order valence-corrected chi connectivity index (χ1v) is 7.14. The van der Waals surface area contributed by atoms with Crippen molar-refractivity contribution in [3.63, 3.8) is 0 Å². The van der Waals surface area contributed by atoms with E-state index in [2.05, 4.69) is 28.6 Å². The molecule has 2 rings (SSSR count). The van der Waals surface area contributed by atoms with Crippen molar-refractivity contribution < 1.29 is 4.74 Å². The van der Waals surface area contributed by atoms with E-state index in [0.717, 1.165) is 31.0 Å². The molecule has 0 saturated heterocycles. The van der Waals surface area contributed by atoms with Crippen LogP contribution >= 0.6 is 12.2 Å². The van der Waals surface area contributed by atoms with Crippen molar-refractivity contribution in [3.8, 4) is 11.4 Å². The Hall–Kier alpha value is -1.46. The third kappa shape index (κ3) is 3.55. The lowest BCUT2D eigenvalue weighted by atomic mass is 9.89. The molecule has 0 spiro atoms. The van der Waals surface area contributed by atoms with E-state index >= 15 is 0 Å². The van der Waals surface area contributed by atoms with Crippen LogP contribution in [0.25, 0.3) is 11.4 Å². The summed E-state index contributed by atoms with van der Waals surface area (Å²) in [6.07, 6.45) is 0.977. The van der Waals surface area contributed by atoms with Gasteiger partial charge in [0.1, 0.15) is 0 Å². The first kappa shape index (κ1) is 14.9. The third-order valence-corrected chi connectivity index (χ3v) is 3.67. The van der Waals surface area contributed by atoms with Gasteiger partial charge in [-0.15, -0.1) is 0 Å². The fraction of sp³-hybridized carbons (Fsp3) is 0.467. The molecule has 2 aromatic rings. The zero-order valence-corrected chi connectivity index (χ0v) is 13.0. The summed E-state index contributed by atoms with van der Waals surface area (Å²) in [6.45, 7) is 6.00. The van der Waals surface area contributed by atoms with Crippen molar-refractivity contribution in [1.29, 1.82) is 0 Å². The second kappa shape index (κ2) is 6.33. The molecule has 0 amide bonds. The molecule has 1 aromatic carbocycles. The van der Waals surface area contributed by atoms with Crippen LogP contribution in [0.15, 0.2) is 30.3 Å². The highest BCUT2D eigenvalue weighted by atomic mass is 32.1. The van der Waals surface area contributed by atoms with E-state index in [1.807, 2.05) is 30.3 Å². The number of methoxy groups -OCH3 is 1. The fourth-order valence-electron chi connectivity index (χ4n) is 2.16. The van der Waals surface area contributed by atoms with Crippen LogP contribution in [-0.4, -0.2) is 28.5 Å². The normalized spacial score (nSPS) is 11.8. The van der Waals surface area contributed by atoms with Crippen LogP contribution in [0, 0.1) is 10.2 Å². The van der Waals surface area contributed by atoms with Crippen LogP contribution in [0.1, 0.15) is 20.3 Å². The quantitative estimate of drug-likeness (QED) is 0.826. The number of H-pyrrole nitrogens is 1. The second-order valence-electron chi connectivity index (χ2n) is 5.71. The number of aromatic nitrogens is 3. The first-order chi connectivity index (χ1) is 9.53. The average Bonchev–Trinajstić information content (AvgIpc) is 2.79. The number of rotatable bonds is 6. The van der Waals surface area contributed by atoms with Gasteiger partial charge < -0.3 is 4.74 Å². The van der Waals surface area contributed by atoms with Gasteiger partial charge >= 0.3 is 0 Å². The molecule has 108 valence electrons. The molecule has 0 fully saturated rings. The fourth-order valence-corrected chi connectivity index (χ4v) is 2.35. The lowest BCUT2D eigenvalue weighted by molar-refractivity contribution is 0.142. The Morgan fingerprint density at radius 1 is 1.30 bits per heavy atom. The maximum atomic E-state index is 5.37. The minimum Gasteiger partial charge on any atom is -0.385 e. The van der Waals surface area contributed by atoms with Crippen LogP contribution in [0.2, 0.25) is 0 Å². The highest BCUT2D eigenvalue weighted by Crippen LogP contribution is 2.26. The smallest absolute Gasteiger partial charge is 0.195 e. The summed E-state index contributed by atoms with van der Waals surface area (Å²) in [5.41, 5.74) is 1.17. The van der Waals surface area contributed by atoms with Crippen LogP contribution in [0.5, 0.6) is 0 Å². The number of hydrogen-bond donors (Lipinski definition) is 1. The van der Waals surface area contributed by atoms with Gasteiger partial charge in [-0.2, -0.15) is 5.10 Å². The molecule has 4 nitrogen and oxygen atoms in total. The van der Waals surface area contributed by atoms with Gasteiger partial charge in [0.05, 0.1) is 0 Å². The topological polar surface area (TPSA) is 42.8 Å². The number of ether oxygens (including phenoxy) is 1. The maximum Gasteiger partial charge on any atom is 0.195 e. The Balaban J connectivity index is 2.29. The second-order valence-corrected chi connectivity index (χ2v) is 6.10. The predicted octanol–water partition coefficient (Wildman–Crippen LogP) is 3.67. The summed E-state index contributed by atoms with van der Waals surface area (Å²) in [7, 11) is 1.73. The zero-order valence-electron chi connectivity index (χ0n) is 12.2. The molecule has 0 radical (unpaired) electrons. The summed E-state index contributed by atoms with van der Waals surface area (Å²) in [6, 6.07) is 10.1. The molecular weight excluding hydrogens is 270 g/mol.